The summed E-state index contributed by atoms with van der Waals surface area (Å²) in [7, 11) is -2.37. The van der Waals surface area contributed by atoms with Crippen molar-refractivity contribution >= 4 is 0 Å². The van der Waals surface area contributed by atoms with E-state index in [4.69, 9.17) is 8.85 Å². The summed E-state index contributed by atoms with van der Waals surface area (Å²) >= 11 is 0. The summed E-state index contributed by atoms with van der Waals surface area (Å²) in [5.74, 6) is 0. The van der Waals surface area contributed by atoms with E-state index in [0.717, 1.165) is 5.56 Å². The van der Waals surface area contributed by atoms with Gasteiger partial charge in [0.15, 0.2) is 0 Å². The Balaban J connectivity index is 1.94. The number of hydrogen-bond acceptors (Lipinski definition) is 2. The molecule has 1 aromatic heterocycles. The Morgan fingerprint density at radius 1 is 1.33 bits per heavy atom. The van der Waals surface area contributed by atoms with Crippen molar-refractivity contribution in [2.24, 2.45) is 0 Å². The molecule has 15 heavy (non-hydrogen) atoms. The van der Waals surface area contributed by atoms with Crippen LogP contribution in [0.15, 0.2) is 42.6 Å². The van der Waals surface area contributed by atoms with Gasteiger partial charge in [0.25, 0.3) is 0 Å². The van der Waals surface area contributed by atoms with Crippen molar-refractivity contribution < 1.29 is 8.85 Å². The predicted molar refractivity (Wildman–Crippen MR) is 58.5 cm³/mol. The van der Waals surface area contributed by atoms with Gasteiger partial charge in [0.2, 0.25) is 0 Å². The highest BCUT2D eigenvalue weighted by molar-refractivity contribution is 5.15. The Labute approximate surface area is 93.5 Å². The highest BCUT2D eigenvalue weighted by atomic mass is 16.5. The fourth-order valence-electron chi connectivity index (χ4n) is 1.41. The number of ether oxygens (including phenoxy) is 1. The first kappa shape index (κ1) is 6.80. The highest BCUT2D eigenvalue weighted by Crippen LogP contribution is 2.03. The van der Waals surface area contributed by atoms with E-state index in [1.807, 2.05) is 36.5 Å². The minimum atomic E-state index is -2.37. The standard InChI is InChI=1S/C12H14N2O/c1-15-10-12-7-8-14(13-12)9-11-5-3-2-4-6-11/h2-8H,9-10H2,1H3/i1D3. The molecule has 1 heterocycles. The van der Waals surface area contributed by atoms with Crippen molar-refractivity contribution in [3.05, 3.63) is 53.9 Å². The Morgan fingerprint density at radius 3 is 3.00 bits per heavy atom. The van der Waals surface area contributed by atoms with E-state index in [0.29, 0.717) is 12.2 Å². The van der Waals surface area contributed by atoms with Crippen LogP contribution in [0.1, 0.15) is 15.4 Å². The summed E-state index contributed by atoms with van der Waals surface area (Å²) in [6, 6.07) is 11.7. The second-order valence-electron chi connectivity index (χ2n) is 3.28. The van der Waals surface area contributed by atoms with Crippen LogP contribution in [0.4, 0.5) is 0 Å². The average molecular weight is 205 g/mol. The number of hydrogen-bond donors (Lipinski definition) is 0. The molecule has 0 saturated carbocycles. The fourth-order valence-corrected chi connectivity index (χ4v) is 1.41. The van der Waals surface area contributed by atoms with Crippen molar-refractivity contribution in [2.75, 3.05) is 7.04 Å². The maximum absolute atomic E-state index is 6.94. The third kappa shape index (κ3) is 2.67. The van der Waals surface area contributed by atoms with Gasteiger partial charge in [0, 0.05) is 13.2 Å². The predicted octanol–water partition coefficient (Wildman–Crippen LogP) is 2.08. The van der Waals surface area contributed by atoms with Gasteiger partial charge >= 0.3 is 0 Å². The van der Waals surface area contributed by atoms with Crippen LogP contribution in [0.2, 0.25) is 0 Å². The van der Waals surface area contributed by atoms with E-state index in [9.17, 15) is 0 Å². The SMILES string of the molecule is [2H]C([2H])([2H])OCc1ccn(Cc2ccccc2)n1. The minimum Gasteiger partial charge on any atom is -0.378 e. The molecule has 1 aromatic carbocycles. The van der Waals surface area contributed by atoms with E-state index in [-0.39, 0.29) is 6.61 Å². The zero-order valence-electron chi connectivity index (χ0n) is 11.3. The van der Waals surface area contributed by atoms with Gasteiger partial charge in [0.05, 0.1) is 23.0 Å². The normalized spacial score (nSPS) is 14.3. The molecular weight excluding hydrogens is 188 g/mol. The maximum atomic E-state index is 6.94. The molecule has 0 atom stereocenters. The van der Waals surface area contributed by atoms with Gasteiger partial charge in [-0.2, -0.15) is 5.10 Å². The van der Waals surface area contributed by atoms with E-state index in [1.54, 1.807) is 10.7 Å². The molecular formula is C12H14N2O. The van der Waals surface area contributed by atoms with Crippen LogP contribution in [-0.4, -0.2) is 16.8 Å². The highest BCUT2D eigenvalue weighted by Gasteiger charge is 1.98. The number of methoxy groups -OCH3 is 1. The van der Waals surface area contributed by atoms with Crippen molar-refractivity contribution in [2.45, 2.75) is 13.2 Å². The van der Waals surface area contributed by atoms with Crippen LogP contribution in [0, 0.1) is 0 Å². The molecule has 2 rings (SSSR count). The number of nitrogens with zero attached hydrogens (tertiary/aromatic N) is 2. The fraction of sp³-hybridized carbons (Fsp3) is 0.250. The van der Waals surface area contributed by atoms with Crippen LogP contribution in [0.25, 0.3) is 0 Å². The van der Waals surface area contributed by atoms with E-state index >= 15 is 0 Å². The zero-order valence-corrected chi connectivity index (χ0v) is 8.26. The van der Waals surface area contributed by atoms with Crippen molar-refractivity contribution in [3.8, 4) is 0 Å². The second kappa shape index (κ2) is 4.75. The lowest BCUT2D eigenvalue weighted by atomic mass is 10.2. The summed E-state index contributed by atoms with van der Waals surface area (Å²) in [4.78, 5) is 0. The molecule has 0 bridgehead atoms. The molecule has 78 valence electrons. The molecule has 3 nitrogen and oxygen atoms in total. The molecule has 0 unspecified atom stereocenters. The monoisotopic (exact) mass is 205 g/mol. The maximum Gasteiger partial charge on any atom is 0.0902 e. The summed E-state index contributed by atoms with van der Waals surface area (Å²) in [6.45, 7) is 0.660. The zero-order chi connectivity index (χ0) is 13.0. The average Bonchev–Trinajstić information content (AvgIpc) is 2.75. The number of benzene rings is 1. The first-order valence-corrected chi connectivity index (χ1v) is 4.73. The van der Waals surface area contributed by atoms with Gasteiger partial charge in [-0.15, -0.1) is 0 Å². The van der Waals surface area contributed by atoms with Gasteiger partial charge in [-0.25, -0.2) is 0 Å². The molecule has 0 N–H and O–H groups in total. The lowest BCUT2D eigenvalue weighted by molar-refractivity contribution is 0.181. The molecule has 3 heteroatoms. The largest absolute Gasteiger partial charge is 0.378 e. The third-order valence-electron chi connectivity index (χ3n) is 2.10. The van der Waals surface area contributed by atoms with Crippen LogP contribution in [0.5, 0.6) is 0 Å². The summed E-state index contributed by atoms with van der Waals surface area (Å²) < 4.78 is 27.3. The first-order valence-electron chi connectivity index (χ1n) is 6.23. The third-order valence-corrected chi connectivity index (χ3v) is 2.10. The van der Waals surface area contributed by atoms with E-state index in [2.05, 4.69) is 5.10 Å². The molecule has 0 fully saturated rings. The van der Waals surface area contributed by atoms with Gasteiger partial charge in [-0.3, -0.25) is 4.68 Å². The minimum absolute atomic E-state index is 0.00170. The molecule has 0 amide bonds. The van der Waals surface area contributed by atoms with Gasteiger partial charge in [-0.05, 0) is 11.6 Å². The van der Waals surface area contributed by atoms with Crippen LogP contribution in [-0.2, 0) is 17.9 Å². The van der Waals surface area contributed by atoms with Gasteiger partial charge in [-0.1, -0.05) is 30.3 Å². The summed E-state index contributed by atoms with van der Waals surface area (Å²) in [5.41, 5.74) is 1.76. The lowest BCUT2D eigenvalue weighted by Crippen LogP contribution is -2.01. The second-order valence-corrected chi connectivity index (χ2v) is 3.28. The molecule has 0 radical (unpaired) electrons. The summed E-state index contributed by atoms with van der Waals surface area (Å²) in [5, 5.41) is 4.25. The van der Waals surface area contributed by atoms with Crippen molar-refractivity contribution in [3.63, 3.8) is 0 Å². The molecule has 2 aromatic rings. The van der Waals surface area contributed by atoms with E-state index in [1.165, 1.54) is 0 Å². The first-order chi connectivity index (χ1) is 8.53. The van der Waals surface area contributed by atoms with Gasteiger partial charge < -0.3 is 4.74 Å². The molecule has 0 spiro atoms. The lowest BCUT2D eigenvalue weighted by Gasteiger charge is -2.01. The Hall–Kier alpha value is -1.61. The quantitative estimate of drug-likeness (QED) is 0.764. The van der Waals surface area contributed by atoms with Crippen LogP contribution >= 0.6 is 0 Å². The molecule has 0 saturated heterocycles. The Bertz CT molecular complexity index is 494. The summed E-state index contributed by atoms with van der Waals surface area (Å²) in [6.07, 6.45) is 1.81. The molecule has 0 aliphatic carbocycles. The van der Waals surface area contributed by atoms with Gasteiger partial charge in [0.1, 0.15) is 0 Å². The topological polar surface area (TPSA) is 27.1 Å². The number of rotatable bonds is 4. The van der Waals surface area contributed by atoms with Crippen molar-refractivity contribution in [1.29, 1.82) is 0 Å². The molecule has 0 aliphatic rings. The Kier molecular flexibility index (Phi) is 2.15. The van der Waals surface area contributed by atoms with Crippen LogP contribution in [0.3, 0.4) is 0 Å². The van der Waals surface area contributed by atoms with E-state index < -0.39 is 7.04 Å². The van der Waals surface area contributed by atoms with Crippen LogP contribution < -0.4 is 0 Å². The Morgan fingerprint density at radius 2 is 2.20 bits per heavy atom. The molecule has 0 aliphatic heterocycles. The number of aromatic nitrogens is 2. The van der Waals surface area contributed by atoms with Crippen molar-refractivity contribution in [1.82, 2.24) is 9.78 Å². The smallest absolute Gasteiger partial charge is 0.0902 e.